The summed E-state index contributed by atoms with van der Waals surface area (Å²) in [5, 5.41) is 2.69. The minimum absolute atomic E-state index is 1.06. The van der Waals surface area contributed by atoms with Gasteiger partial charge >= 0.3 is 0 Å². The molecule has 0 saturated heterocycles. The molecule has 0 nitrogen and oxygen atoms in total. The van der Waals surface area contributed by atoms with Gasteiger partial charge in [0.25, 0.3) is 0 Å². The number of hydrogen-bond acceptors (Lipinski definition) is 0. The van der Waals surface area contributed by atoms with E-state index in [4.69, 9.17) is 0 Å². The zero-order chi connectivity index (χ0) is 24.8. The summed E-state index contributed by atoms with van der Waals surface area (Å²) in [5.41, 5.74) is 13.9. The average molecular weight is 596 g/mol. The van der Waals surface area contributed by atoms with Crippen molar-refractivity contribution in [3.05, 3.63) is 105 Å². The topological polar surface area (TPSA) is 0 Å². The van der Waals surface area contributed by atoms with E-state index in [9.17, 15) is 0 Å². The van der Waals surface area contributed by atoms with Crippen LogP contribution in [-0.2, 0) is 12.8 Å². The Morgan fingerprint density at radius 3 is 1.31 bits per heavy atom. The number of hydrogen-bond donors (Lipinski definition) is 0. The molecule has 0 unspecified atom stereocenters. The Hall–Kier alpha value is -2.68. The van der Waals surface area contributed by atoms with Crippen molar-refractivity contribution in [3.63, 3.8) is 0 Å². The van der Waals surface area contributed by atoms with E-state index in [1.54, 1.807) is 0 Å². The Balaban J connectivity index is 1.89. The molecule has 0 spiro atoms. The molecule has 1 aliphatic rings. The van der Waals surface area contributed by atoms with Crippen molar-refractivity contribution >= 4 is 42.6 Å². The Kier molecular flexibility index (Phi) is 6.35. The molecule has 0 amide bonds. The molecule has 0 fully saturated rings. The third-order valence-electron chi connectivity index (χ3n) is 7.45. The van der Waals surface area contributed by atoms with Crippen molar-refractivity contribution in [3.8, 4) is 44.5 Å². The van der Waals surface area contributed by atoms with E-state index < -0.39 is 0 Å². The van der Waals surface area contributed by atoms with Gasteiger partial charge in [-0.05, 0) is 91.4 Å². The Morgan fingerprint density at radius 2 is 0.889 bits per heavy atom. The highest BCUT2D eigenvalue weighted by atomic mass is 79.9. The van der Waals surface area contributed by atoms with Gasteiger partial charge in [-0.25, -0.2) is 0 Å². The molecule has 0 aliphatic heterocycles. The molecular weight excluding hydrogens is 568 g/mol. The second kappa shape index (κ2) is 9.65. The fourth-order valence-corrected chi connectivity index (χ4v) is 7.09. The molecule has 1 aliphatic carbocycles. The predicted octanol–water partition coefficient (Wildman–Crippen LogP) is 11.3. The van der Waals surface area contributed by atoms with E-state index in [0.717, 1.165) is 34.6 Å². The summed E-state index contributed by atoms with van der Waals surface area (Å²) >= 11 is 7.86. The number of rotatable bonds is 6. The number of benzene rings is 5. The molecule has 0 aromatic heterocycles. The van der Waals surface area contributed by atoms with Gasteiger partial charge in [0.1, 0.15) is 0 Å². The van der Waals surface area contributed by atoms with Crippen LogP contribution in [0.1, 0.15) is 37.8 Å². The first-order chi connectivity index (χ1) is 17.7. The SMILES string of the molecule is CCCc1c(CCC)c(-c2ccccc2Br)c2c(c1-c1ccccc1Br)-c1cccc3cccc-2c13. The Morgan fingerprint density at radius 1 is 0.472 bits per heavy atom. The summed E-state index contributed by atoms with van der Waals surface area (Å²) < 4.78 is 2.31. The van der Waals surface area contributed by atoms with E-state index in [0.29, 0.717) is 0 Å². The number of halogens is 2. The minimum Gasteiger partial charge on any atom is -0.0651 e. The van der Waals surface area contributed by atoms with Crippen molar-refractivity contribution in [1.82, 2.24) is 0 Å². The monoisotopic (exact) mass is 594 g/mol. The lowest BCUT2D eigenvalue weighted by atomic mass is 9.78. The van der Waals surface area contributed by atoms with Crippen molar-refractivity contribution in [2.75, 3.05) is 0 Å². The highest BCUT2D eigenvalue weighted by Gasteiger charge is 2.32. The summed E-state index contributed by atoms with van der Waals surface area (Å²) in [6.07, 6.45) is 4.34. The van der Waals surface area contributed by atoms with Gasteiger partial charge in [0.05, 0.1) is 0 Å². The quantitative estimate of drug-likeness (QED) is 0.180. The van der Waals surface area contributed by atoms with Gasteiger partial charge in [0, 0.05) is 8.95 Å². The minimum atomic E-state index is 1.06. The van der Waals surface area contributed by atoms with E-state index in [2.05, 4.69) is 131 Å². The van der Waals surface area contributed by atoms with E-state index >= 15 is 0 Å². The first-order valence-corrected chi connectivity index (χ1v) is 14.5. The molecule has 0 N–H and O–H groups in total. The second-order valence-corrected chi connectivity index (χ2v) is 11.3. The summed E-state index contributed by atoms with van der Waals surface area (Å²) in [7, 11) is 0. The largest absolute Gasteiger partial charge is 0.0651 e. The lowest BCUT2D eigenvalue weighted by Crippen LogP contribution is -2.05. The normalized spacial score (nSPS) is 11.8. The van der Waals surface area contributed by atoms with Gasteiger partial charge in [0.15, 0.2) is 0 Å². The molecule has 5 aromatic carbocycles. The molecule has 0 atom stereocenters. The van der Waals surface area contributed by atoms with Crippen LogP contribution >= 0.6 is 31.9 Å². The summed E-state index contributed by atoms with van der Waals surface area (Å²) in [5.74, 6) is 0. The van der Waals surface area contributed by atoms with Crippen molar-refractivity contribution in [1.29, 1.82) is 0 Å². The molecule has 0 bridgehead atoms. The smallest absolute Gasteiger partial charge is 0.0254 e. The summed E-state index contributed by atoms with van der Waals surface area (Å²) in [6.45, 7) is 4.61. The molecule has 36 heavy (non-hydrogen) atoms. The van der Waals surface area contributed by atoms with E-state index in [1.165, 1.54) is 66.4 Å². The molecule has 5 aromatic rings. The van der Waals surface area contributed by atoms with Gasteiger partial charge < -0.3 is 0 Å². The molecule has 6 rings (SSSR count). The number of fused-ring (bicyclic) bond motifs is 3. The molecule has 178 valence electrons. The molecule has 0 saturated carbocycles. The molecular formula is C34H28Br2. The highest BCUT2D eigenvalue weighted by Crippen LogP contribution is 2.58. The molecule has 0 radical (unpaired) electrons. The zero-order valence-electron chi connectivity index (χ0n) is 20.7. The molecule has 0 heterocycles. The summed E-state index contributed by atoms with van der Waals surface area (Å²) in [6, 6.07) is 31.1. The van der Waals surface area contributed by atoms with Crippen LogP contribution in [0.3, 0.4) is 0 Å². The van der Waals surface area contributed by atoms with Crippen molar-refractivity contribution < 1.29 is 0 Å². The average Bonchev–Trinajstić information content (AvgIpc) is 3.22. The van der Waals surface area contributed by atoms with Crippen LogP contribution in [-0.4, -0.2) is 0 Å². The van der Waals surface area contributed by atoms with Gasteiger partial charge in [-0.3, -0.25) is 0 Å². The van der Waals surface area contributed by atoms with Crippen LogP contribution in [0.2, 0.25) is 0 Å². The van der Waals surface area contributed by atoms with Crippen molar-refractivity contribution in [2.24, 2.45) is 0 Å². The van der Waals surface area contributed by atoms with E-state index in [-0.39, 0.29) is 0 Å². The van der Waals surface area contributed by atoms with Crippen LogP contribution in [0.4, 0.5) is 0 Å². The van der Waals surface area contributed by atoms with Crippen LogP contribution in [0.15, 0.2) is 93.9 Å². The Bertz CT molecular complexity index is 1510. The maximum absolute atomic E-state index is 3.93. The standard InChI is InChI=1S/C34H28Br2/c1-3-11-22-23(12-4-2)32(25-16-6-8-20-29(25)36)34-27-18-10-14-21-13-9-17-26(30(21)27)33(34)31(22)24-15-5-7-19-28(24)35/h5-10,13-20H,3-4,11-12H2,1-2H3. The fraction of sp³-hybridized carbons (Fsp3) is 0.176. The van der Waals surface area contributed by atoms with Crippen molar-refractivity contribution in [2.45, 2.75) is 39.5 Å². The van der Waals surface area contributed by atoms with E-state index in [1.807, 2.05) is 0 Å². The molecule has 2 heteroatoms. The third kappa shape index (κ3) is 3.61. The predicted molar refractivity (Wildman–Crippen MR) is 163 cm³/mol. The fourth-order valence-electron chi connectivity index (χ4n) is 6.12. The highest BCUT2D eigenvalue weighted by molar-refractivity contribution is 9.11. The third-order valence-corrected chi connectivity index (χ3v) is 8.83. The zero-order valence-corrected chi connectivity index (χ0v) is 23.8. The van der Waals surface area contributed by atoms with Gasteiger partial charge in [-0.1, -0.05) is 131 Å². The van der Waals surface area contributed by atoms with Crippen LogP contribution in [0.25, 0.3) is 55.3 Å². The van der Waals surface area contributed by atoms with Crippen LogP contribution in [0.5, 0.6) is 0 Å². The first kappa shape index (κ1) is 23.7. The lowest BCUT2D eigenvalue weighted by Gasteiger charge is -2.26. The van der Waals surface area contributed by atoms with Gasteiger partial charge in [0.2, 0.25) is 0 Å². The van der Waals surface area contributed by atoms with Crippen LogP contribution < -0.4 is 0 Å². The van der Waals surface area contributed by atoms with Crippen LogP contribution in [0, 0.1) is 0 Å². The first-order valence-electron chi connectivity index (χ1n) is 12.9. The van der Waals surface area contributed by atoms with Gasteiger partial charge in [-0.2, -0.15) is 0 Å². The van der Waals surface area contributed by atoms with Gasteiger partial charge in [-0.15, -0.1) is 0 Å². The summed E-state index contributed by atoms with van der Waals surface area (Å²) in [4.78, 5) is 0. The Labute approximate surface area is 230 Å². The maximum Gasteiger partial charge on any atom is 0.0254 e. The second-order valence-electron chi connectivity index (χ2n) is 9.63. The maximum atomic E-state index is 3.93. The lowest BCUT2D eigenvalue weighted by molar-refractivity contribution is 0.865.